The third-order valence-electron chi connectivity index (χ3n) is 17.6. The fourth-order valence-corrected chi connectivity index (χ4v) is 12.0. The van der Waals surface area contributed by atoms with Gasteiger partial charge in [0, 0.05) is 43.0 Å². The van der Waals surface area contributed by atoms with Crippen molar-refractivity contribution in [2.45, 2.75) is 215 Å². The van der Waals surface area contributed by atoms with Gasteiger partial charge >= 0.3 is 0 Å². The highest BCUT2D eigenvalue weighted by Crippen LogP contribution is 2.50. The van der Waals surface area contributed by atoms with Crippen LogP contribution in [0.3, 0.4) is 0 Å². The van der Waals surface area contributed by atoms with E-state index in [9.17, 15) is 9.59 Å². The number of anilines is 2. The third-order valence-corrected chi connectivity index (χ3v) is 17.6. The van der Waals surface area contributed by atoms with Crippen molar-refractivity contribution in [3.8, 4) is 33.4 Å². The highest BCUT2D eigenvalue weighted by atomic mass is 16.2. The summed E-state index contributed by atoms with van der Waals surface area (Å²) >= 11 is 0. The summed E-state index contributed by atoms with van der Waals surface area (Å²) in [7, 11) is 0. The molecule has 0 N–H and O–H groups in total. The maximum Gasteiger partial charge on any atom is 0.227 e. The van der Waals surface area contributed by atoms with Crippen LogP contribution in [0, 0.1) is 0 Å². The standard InChI is InChI=1S/C77H96N2O2/c1-48(2)50-30-55(39-61(38-50)73(6,7)8)52-32-54(57-42-64(76(15,16)17)45-65(43-57)77(18,19)20)36-59(34-52)67-47-68(78-28-22-26-70(78)80)66(46-69(67)79-29-23-27-71(79)81)58-33-51(49-24-21-25-60(37-49)72(3,4)5)31-53(35-58)56-40-62(74(9,10)11)44-63(41-56)75(12,13)14/h21,24-25,30-32,34-48,51H,22-23,26-29,33H2,1-20H3. The molecule has 4 heteroatoms. The summed E-state index contributed by atoms with van der Waals surface area (Å²) in [6.07, 6.45) is 8.27. The molecule has 0 saturated carbocycles. The molecule has 2 saturated heterocycles. The van der Waals surface area contributed by atoms with Crippen molar-refractivity contribution in [2.24, 2.45) is 0 Å². The van der Waals surface area contributed by atoms with Gasteiger partial charge in [-0.2, -0.15) is 0 Å². The van der Waals surface area contributed by atoms with Crippen LogP contribution in [-0.2, 0) is 42.1 Å². The Kier molecular flexibility index (Phi) is 15.8. The van der Waals surface area contributed by atoms with Gasteiger partial charge in [0.1, 0.15) is 0 Å². The SMILES string of the molecule is CC(C)c1cc(-c2cc(-c3cc(C(C)(C)C)cc(C(C)(C)C)c3)cc(-c3cc(N4CCCC4=O)c(C4=CC(c5cc(C(C)(C)C)cc(C(C)(C)C)c5)=CC(c5cccc(C(C)(C)C)c5)C4)cc3N3CCCC3=O)c2)cc(C(C)(C)C)c1. The molecule has 6 aromatic rings. The Bertz CT molecular complexity index is 3410. The number of carbonyl (C=O) groups excluding carboxylic acids is 2. The van der Waals surface area contributed by atoms with Crippen molar-refractivity contribution in [3.63, 3.8) is 0 Å². The normalized spacial score (nSPS) is 16.9. The molecule has 0 aromatic heterocycles. The molecule has 3 aliphatic rings. The van der Waals surface area contributed by atoms with Gasteiger partial charge in [-0.1, -0.05) is 229 Å². The fourth-order valence-electron chi connectivity index (χ4n) is 12.0. The maximum absolute atomic E-state index is 14.6. The second kappa shape index (κ2) is 21.5. The van der Waals surface area contributed by atoms with Gasteiger partial charge < -0.3 is 9.80 Å². The minimum absolute atomic E-state index is 0.0254. The van der Waals surface area contributed by atoms with Crippen LogP contribution < -0.4 is 9.80 Å². The molecule has 0 spiro atoms. The Labute approximate surface area is 489 Å². The van der Waals surface area contributed by atoms with E-state index in [0.717, 1.165) is 58.5 Å². The zero-order valence-electron chi connectivity index (χ0n) is 53.4. The summed E-state index contributed by atoms with van der Waals surface area (Å²) in [5.74, 6) is 0.671. The van der Waals surface area contributed by atoms with Crippen LogP contribution in [0.25, 0.3) is 44.5 Å². The molecule has 0 bridgehead atoms. The Hall–Kier alpha value is -6.26. The molecule has 81 heavy (non-hydrogen) atoms. The van der Waals surface area contributed by atoms with Crippen molar-refractivity contribution >= 4 is 34.3 Å². The zero-order valence-corrected chi connectivity index (χ0v) is 53.4. The number of carbonyl (C=O) groups is 2. The van der Waals surface area contributed by atoms with Crippen LogP contribution in [0.5, 0.6) is 0 Å². The van der Waals surface area contributed by atoms with Gasteiger partial charge in [-0.05, 0) is 177 Å². The smallest absolute Gasteiger partial charge is 0.227 e. The minimum Gasteiger partial charge on any atom is -0.312 e. The number of nitrogens with zero attached hydrogens (tertiary/aromatic N) is 2. The third kappa shape index (κ3) is 12.9. The first-order valence-corrected chi connectivity index (χ1v) is 30.5. The van der Waals surface area contributed by atoms with E-state index in [-0.39, 0.29) is 50.2 Å². The average Bonchev–Trinajstić information content (AvgIpc) is 3.95. The lowest BCUT2D eigenvalue weighted by Gasteiger charge is -2.31. The van der Waals surface area contributed by atoms with Crippen molar-refractivity contribution in [3.05, 3.63) is 177 Å². The summed E-state index contributed by atoms with van der Waals surface area (Å²) in [5, 5.41) is 0. The van der Waals surface area contributed by atoms with E-state index in [1.807, 2.05) is 0 Å². The molecule has 2 fully saturated rings. The van der Waals surface area contributed by atoms with E-state index in [0.29, 0.717) is 31.8 Å². The monoisotopic (exact) mass is 1080 g/mol. The van der Waals surface area contributed by atoms with E-state index in [1.54, 1.807) is 0 Å². The van der Waals surface area contributed by atoms with Crippen LogP contribution in [0.2, 0.25) is 0 Å². The molecule has 0 radical (unpaired) electrons. The summed E-state index contributed by atoms with van der Waals surface area (Å²) in [4.78, 5) is 33.2. The van der Waals surface area contributed by atoms with E-state index in [2.05, 4.69) is 270 Å². The zero-order chi connectivity index (χ0) is 59.1. The lowest BCUT2D eigenvalue weighted by molar-refractivity contribution is -0.117. The summed E-state index contributed by atoms with van der Waals surface area (Å²) in [6.45, 7) is 47.4. The van der Waals surface area contributed by atoms with Crippen molar-refractivity contribution in [1.82, 2.24) is 0 Å². The number of hydrogen-bond acceptors (Lipinski definition) is 2. The molecule has 426 valence electrons. The van der Waals surface area contributed by atoms with E-state index < -0.39 is 0 Å². The molecule has 1 atom stereocenters. The summed E-state index contributed by atoms with van der Waals surface area (Å²) in [5.41, 5.74) is 23.1. The maximum atomic E-state index is 14.6. The summed E-state index contributed by atoms with van der Waals surface area (Å²) in [6, 6.07) is 42.6. The minimum atomic E-state index is -0.0819. The molecular formula is C77H96N2O2. The molecule has 4 nitrogen and oxygen atoms in total. The first-order chi connectivity index (χ1) is 37.5. The van der Waals surface area contributed by atoms with Crippen LogP contribution in [0.1, 0.15) is 238 Å². The lowest BCUT2D eigenvalue weighted by Crippen LogP contribution is -2.27. The van der Waals surface area contributed by atoms with Crippen molar-refractivity contribution in [1.29, 1.82) is 0 Å². The molecule has 2 aliphatic heterocycles. The van der Waals surface area contributed by atoms with Gasteiger partial charge in [-0.15, -0.1) is 0 Å². The van der Waals surface area contributed by atoms with Crippen LogP contribution in [-0.4, -0.2) is 24.9 Å². The van der Waals surface area contributed by atoms with Crippen molar-refractivity contribution < 1.29 is 9.59 Å². The summed E-state index contributed by atoms with van der Waals surface area (Å²) < 4.78 is 0. The van der Waals surface area contributed by atoms with Gasteiger partial charge in [0.2, 0.25) is 11.8 Å². The Balaban J connectivity index is 1.37. The van der Waals surface area contributed by atoms with E-state index in [4.69, 9.17) is 0 Å². The molecule has 2 heterocycles. The predicted octanol–water partition coefficient (Wildman–Crippen LogP) is 20.5. The Morgan fingerprint density at radius 2 is 0.827 bits per heavy atom. The average molecular weight is 1080 g/mol. The lowest BCUT2D eigenvalue weighted by atomic mass is 9.76. The van der Waals surface area contributed by atoms with Gasteiger partial charge in [-0.3, -0.25) is 9.59 Å². The molecule has 1 unspecified atom stereocenters. The first-order valence-electron chi connectivity index (χ1n) is 30.5. The van der Waals surface area contributed by atoms with E-state index >= 15 is 0 Å². The Morgan fingerprint density at radius 3 is 1.27 bits per heavy atom. The number of allylic oxidation sites excluding steroid dienone is 4. The highest BCUT2D eigenvalue weighted by Gasteiger charge is 2.34. The Morgan fingerprint density at radius 1 is 0.420 bits per heavy atom. The van der Waals surface area contributed by atoms with Gasteiger partial charge in [0.25, 0.3) is 0 Å². The number of benzene rings is 6. The second-order valence-corrected chi connectivity index (χ2v) is 30.8. The number of amides is 2. The molecule has 6 aromatic carbocycles. The topological polar surface area (TPSA) is 40.6 Å². The molecule has 9 rings (SSSR count). The number of hydrogen-bond donors (Lipinski definition) is 0. The van der Waals surface area contributed by atoms with Crippen molar-refractivity contribution in [2.75, 3.05) is 22.9 Å². The number of rotatable bonds is 9. The first kappa shape index (κ1) is 59.4. The molecule has 2 amide bonds. The quantitative estimate of drug-likeness (QED) is 0.145. The van der Waals surface area contributed by atoms with Gasteiger partial charge in [0.15, 0.2) is 0 Å². The van der Waals surface area contributed by atoms with Crippen LogP contribution in [0.4, 0.5) is 11.4 Å². The van der Waals surface area contributed by atoms with Gasteiger partial charge in [-0.25, -0.2) is 0 Å². The van der Waals surface area contributed by atoms with Crippen LogP contribution in [0.15, 0.2) is 121 Å². The molecular weight excluding hydrogens is 985 g/mol. The fraction of sp³-hybridized carbons (Fsp3) is 0.455. The second-order valence-electron chi connectivity index (χ2n) is 30.8. The van der Waals surface area contributed by atoms with Gasteiger partial charge in [0.05, 0.1) is 11.4 Å². The molecule has 1 aliphatic carbocycles. The largest absolute Gasteiger partial charge is 0.312 e. The van der Waals surface area contributed by atoms with E-state index in [1.165, 1.54) is 72.3 Å². The van der Waals surface area contributed by atoms with Crippen LogP contribution >= 0.6 is 0 Å². The highest BCUT2D eigenvalue weighted by molar-refractivity contribution is 6.06. The predicted molar refractivity (Wildman–Crippen MR) is 348 cm³/mol.